The van der Waals surface area contributed by atoms with E-state index in [1.807, 2.05) is 29.2 Å². The average molecular weight is 291 g/mol. The summed E-state index contributed by atoms with van der Waals surface area (Å²) in [6, 6.07) is 4.23. The van der Waals surface area contributed by atoms with E-state index in [9.17, 15) is 4.79 Å². The fourth-order valence-electron chi connectivity index (χ4n) is 2.05. The summed E-state index contributed by atoms with van der Waals surface area (Å²) in [5.41, 5.74) is 3.12. The second-order valence-electron chi connectivity index (χ2n) is 4.94. The minimum Gasteiger partial charge on any atom is -0.482 e. The standard InChI is InChI=1S/C16H21NO2S/c1-3-4-5-6-7-10-17-14(11-15(17)18)12-19-16-9-8-13(2)20-16/h5,7-9,14H,3-4,10-12H2,1-2H3/t6?,14-/m1/s1. The number of aryl methyl sites for hydroxylation is 1. The number of carbonyl (C=O) groups is 1. The zero-order chi connectivity index (χ0) is 14.4. The Kier molecular flexibility index (Phi) is 5.45. The van der Waals surface area contributed by atoms with Crippen LogP contribution in [0, 0.1) is 6.92 Å². The molecule has 0 saturated carbocycles. The zero-order valence-corrected chi connectivity index (χ0v) is 12.9. The van der Waals surface area contributed by atoms with E-state index < -0.39 is 0 Å². The molecule has 1 aromatic rings. The van der Waals surface area contributed by atoms with E-state index in [0.29, 0.717) is 19.6 Å². The van der Waals surface area contributed by atoms with Crippen LogP contribution in [0.1, 0.15) is 31.1 Å². The molecule has 1 aromatic heterocycles. The zero-order valence-electron chi connectivity index (χ0n) is 12.1. The first-order valence-electron chi connectivity index (χ1n) is 7.08. The maximum Gasteiger partial charge on any atom is 0.225 e. The van der Waals surface area contributed by atoms with E-state index in [1.54, 1.807) is 11.3 Å². The molecule has 1 aliphatic rings. The van der Waals surface area contributed by atoms with Crippen LogP contribution in [0.4, 0.5) is 0 Å². The van der Waals surface area contributed by atoms with Gasteiger partial charge in [-0.3, -0.25) is 4.79 Å². The number of rotatable bonds is 7. The molecule has 1 amide bonds. The van der Waals surface area contributed by atoms with Gasteiger partial charge in [0.1, 0.15) is 6.61 Å². The highest BCUT2D eigenvalue weighted by Gasteiger charge is 2.35. The Morgan fingerprint density at radius 1 is 1.50 bits per heavy atom. The molecule has 0 unspecified atom stereocenters. The minimum absolute atomic E-state index is 0.203. The molecular weight excluding hydrogens is 270 g/mol. The van der Waals surface area contributed by atoms with Gasteiger partial charge in [0.2, 0.25) is 5.91 Å². The monoisotopic (exact) mass is 291 g/mol. The van der Waals surface area contributed by atoms with Crippen LogP contribution < -0.4 is 4.74 Å². The molecule has 0 bridgehead atoms. The number of amides is 1. The van der Waals surface area contributed by atoms with Crippen molar-refractivity contribution >= 4 is 17.2 Å². The Hall–Kier alpha value is -1.51. The summed E-state index contributed by atoms with van der Waals surface area (Å²) in [5.74, 6) is 0.203. The highest BCUT2D eigenvalue weighted by molar-refractivity contribution is 7.13. The van der Waals surface area contributed by atoms with Gasteiger partial charge >= 0.3 is 0 Å². The second kappa shape index (κ2) is 7.32. The third-order valence-electron chi connectivity index (χ3n) is 3.26. The van der Waals surface area contributed by atoms with E-state index in [-0.39, 0.29) is 11.9 Å². The number of ether oxygens (including phenoxy) is 1. The van der Waals surface area contributed by atoms with E-state index in [1.165, 1.54) is 4.88 Å². The first-order chi connectivity index (χ1) is 9.70. The fourth-order valence-corrected chi connectivity index (χ4v) is 2.77. The van der Waals surface area contributed by atoms with Gasteiger partial charge in [-0.15, -0.1) is 17.1 Å². The Balaban J connectivity index is 1.77. The van der Waals surface area contributed by atoms with Crippen LogP contribution in [0.5, 0.6) is 5.06 Å². The molecule has 4 heteroatoms. The fraction of sp³-hybridized carbons (Fsp3) is 0.500. The van der Waals surface area contributed by atoms with Gasteiger partial charge in [0.25, 0.3) is 0 Å². The van der Waals surface area contributed by atoms with Crippen molar-refractivity contribution in [3.05, 3.63) is 34.9 Å². The van der Waals surface area contributed by atoms with Crippen LogP contribution in [0.15, 0.2) is 30.0 Å². The SMILES string of the molecule is CCCC=C=CCN1C(=O)C[C@@H]1COc1ccc(C)s1. The topological polar surface area (TPSA) is 29.5 Å². The van der Waals surface area contributed by atoms with Crippen molar-refractivity contribution < 1.29 is 9.53 Å². The number of hydrogen-bond acceptors (Lipinski definition) is 3. The summed E-state index contributed by atoms with van der Waals surface area (Å²) >= 11 is 1.64. The number of unbranched alkanes of at least 4 members (excludes halogenated alkanes) is 1. The average Bonchev–Trinajstić information content (AvgIpc) is 2.84. The van der Waals surface area contributed by atoms with Gasteiger partial charge in [-0.05, 0) is 37.6 Å². The molecule has 1 atom stereocenters. The predicted molar refractivity (Wildman–Crippen MR) is 82.2 cm³/mol. The maximum atomic E-state index is 11.6. The smallest absolute Gasteiger partial charge is 0.225 e. The van der Waals surface area contributed by atoms with Crippen molar-refractivity contribution in [3.63, 3.8) is 0 Å². The largest absolute Gasteiger partial charge is 0.482 e. The number of nitrogens with zero attached hydrogens (tertiary/aromatic N) is 1. The molecule has 0 aromatic carbocycles. The molecular formula is C16H21NO2S. The Bertz CT molecular complexity index is 514. The highest BCUT2D eigenvalue weighted by atomic mass is 32.1. The van der Waals surface area contributed by atoms with Gasteiger partial charge < -0.3 is 9.64 Å². The summed E-state index contributed by atoms with van der Waals surface area (Å²) in [6.07, 6.45) is 6.70. The number of hydrogen-bond donors (Lipinski definition) is 0. The van der Waals surface area contributed by atoms with Gasteiger partial charge in [0.15, 0.2) is 5.06 Å². The lowest BCUT2D eigenvalue weighted by atomic mass is 10.0. The van der Waals surface area contributed by atoms with Crippen LogP contribution >= 0.6 is 11.3 Å². The van der Waals surface area contributed by atoms with Crippen molar-refractivity contribution in [1.29, 1.82) is 0 Å². The van der Waals surface area contributed by atoms with Crippen LogP contribution in [0.2, 0.25) is 0 Å². The quantitative estimate of drug-likeness (QED) is 0.568. The summed E-state index contributed by atoms with van der Waals surface area (Å²) in [4.78, 5) is 14.7. The van der Waals surface area contributed by atoms with Crippen molar-refractivity contribution in [2.45, 2.75) is 39.2 Å². The van der Waals surface area contributed by atoms with Crippen molar-refractivity contribution in [2.75, 3.05) is 13.2 Å². The summed E-state index contributed by atoms with van der Waals surface area (Å²) in [5, 5.41) is 0.931. The lowest BCUT2D eigenvalue weighted by Crippen LogP contribution is -2.55. The number of thiophene rings is 1. The highest BCUT2D eigenvalue weighted by Crippen LogP contribution is 2.26. The number of β-lactam (4-membered cyclic amide) rings is 1. The molecule has 2 heterocycles. The van der Waals surface area contributed by atoms with Crippen LogP contribution in [-0.2, 0) is 4.79 Å². The molecule has 0 aliphatic carbocycles. The molecule has 0 N–H and O–H groups in total. The van der Waals surface area contributed by atoms with E-state index in [0.717, 1.165) is 17.9 Å². The lowest BCUT2D eigenvalue weighted by molar-refractivity contribution is -0.146. The first kappa shape index (κ1) is 14.9. The molecule has 20 heavy (non-hydrogen) atoms. The third kappa shape index (κ3) is 3.99. The molecule has 2 rings (SSSR count). The number of carbonyl (C=O) groups excluding carboxylic acids is 1. The lowest BCUT2D eigenvalue weighted by Gasteiger charge is -2.39. The summed E-state index contributed by atoms with van der Waals surface area (Å²) in [6.45, 7) is 5.41. The molecule has 0 spiro atoms. The van der Waals surface area contributed by atoms with Crippen LogP contribution in [0.3, 0.4) is 0 Å². The Morgan fingerprint density at radius 2 is 2.35 bits per heavy atom. The Morgan fingerprint density at radius 3 is 3.00 bits per heavy atom. The normalized spacial score (nSPS) is 17.4. The Labute approximate surface area is 124 Å². The number of likely N-dealkylation sites (tertiary alicyclic amines) is 1. The second-order valence-corrected chi connectivity index (χ2v) is 6.19. The van der Waals surface area contributed by atoms with Crippen molar-refractivity contribution in [3.8, 4) is 5.06 Å². The summed E-state index contributed by atoms with van der Waals surface area (Å²) in [7, 11) is 0. The molecule has 108 valence electrons. The van der Waals surface area contributed by atoms with E-state index in [4.69, 9.17) is 4.74 Å². The van der Waals surface area contributed by atoms with Gasteiger partial charge in [-0.25, -0.2) is 0 Å². The van der Waals surface area contributed by atoms with Crippen molar-refractivity contribution in [1.82, 2.24) is 4.90 Å². The van der Waals surface area contributed by atoms with Crippen molar-refractivity contribution in [2.24, 2.45) is 0 Å². The third-order valence-corrected chi connectivity index (χ3v) is 4.17. The first-order valence-corrected chi connectivity index (χ1v) is 7.90. The molecule has 0 radical (unpaired) electrons. The molecule has 1 aliphatic heterocycles. The van der Waals surface area contributed by atoms with E-state index >= 15 is 0 Å². The predicted octanol–water partition coefficient (Wildman–Crippen LogP) is 3.55. The van der Waals surface area contributed by atoms with Gasteiger partial charge in [0.05, 0.1) is 12.5 Å². The molecule has 1 fully saturated rings. The maximum absolute atomic E-state index is 11.6. The molecule has 3 nitrogen and oxygen atoms in total. The van der Waals surface area contributed by atoms with E-state index in [2.05, 4.69) is 19.6 Å². The molecule has 1 saturated heterocycles. The van der Waals surface area contributed by atoms with Crippen LogP contribution in [-0.4, -0.2) is 30.0 Å². The van der Waals surface area contributed by atoms with Gasteiger partial charge in [-0.2, -0.15) is 0 Å². The minimum atomic E-state index is 0.203. The van der Waals surface area contributed by atoms with Crippen LogP contribution in [0.25, 0.3) is 0 Å². The summed E-state index contributed by atoms with van der Waals surface area (Å²) < 4.78 is 5.74. The van der Waals surface area contributed by atoms with Gasteiger partial charge in [0, 0.05) is 11.4 Å². The van der Waals surface area contributed by atoms with Gasteiger partial charge in [-0.1, -0.05) is 13.3 Å².